The third-order valence-electron chi connectivity index (χ3n) is 2.40. The molecule has 2 atom stereocenters. The van der Waals surface area contributed by atoms with Crippen LogP contribution in [-0.4, -0.2) is 12.6 Å². The molecule has 0 bridgehead atoms. The highest BCUT2D eigenvalue weighted by atomic mass is 16.5. The maximum absolute atomic E-state index is 5.85. The summed E-state index contributed by atoms with van der Waals surface area (Å²) in [5.74, 6) is 1.84. The van der Waals surface area contributed by atoms with Crippen molar-refractivity contribution in [1.82, 2.24) is 0 Å². The standard InChI is InChI=1S/C10H15NO2/c1-7-2-3-9(13-7)10-6-8(11)4-5-12-10/h2-3,8,10H,4-6,11H2,1H3. The molecule has 0 amide bonds. The molecule has 2 heterocycles. The van der Waals surface area contributed by atoms with Gasteiger partial charge in [0.1, 0.15) is 17.6 Å². The highest BCUT2D eigenvalue weighted by molar-refractivity contribution is 5.09. The van der Waals surface area contributed by atoms with Crippen molar-refractivity contribution in [3.05, 3.63) is 23.7 Å². The SMILES string of the molecule is Cc1ccc(C2CC(N)CCO2)o1. The van der Waals surface area contributed by atoms with E-state index in [0.29, 0.717) is 0 Å². The van der Waals surface area contributed by atoms with Crippen LogP contribution in [0.15, 0.2) is 16.5 Å². The first-order chi connectivity index (χ1) is 6.25. The van der Waals surface area contributed by atoms with Crippen LogP contribution < -0.4 is 5.73 Å². The largest absolute Gasteiger partial charge is 0.464 e. The maximum Gasteiger partial charge on any atom is 0.132 e. The molecule has 1 aliphatic rings. The normalized spacial score (nSPS) is 29.1. The monoisotopic (exact) mass is 181 g/mol. The van der Waals surface area contributed by atoms with Gasteiger partial charge in [0, 0.05) is 12.6 Å². The minimum Gasteiger partial charge on any atom is -0.464 e. The van der Waals surface area contributed by atoms with E-state index in [1.54, 1.807) is 0 Å². The number of nitrogens with two attached hydrogens (primary N) is 1. The number of hydrogen-bond acceptors (Lipinski definition) is 3. The Hall–Kier alpha value is -0.800. The van der Waals surface area contributed by atoms with Gasteiger partial charge in [-0.25, -0.2) is 0 Å². The molecule has 2 N–H and O–H groups in total. The average molecular weight is 181 g/mol. The molecule has 13 heavy (non-hydrogen) atoms. The van der Waals surface area contributed by atoms with Crippen molar-refractivity contribution in [3.8, 4) is 0 Å². The van der Waals surface area contributed by atoms with E-state index in [2.05, 4.69) is 0 Å². The maximum atomic E-state index is 5.85. The smallest absolute Gasteiger partial charge is 0.132 e. The summed E-state index contributed by atoms with van der Waals surface area (Å²) in [5, 5.41) is 0. The van der Waals surface area contributed by atoms with Crippen molar-refractivity contribution in [1.29, 1.82) is 0 Å². The molecule has 3 heteroatoms. The Labute approximate surface area is 77.9 Å². The number of furan rings is 1. The number of hydrogen-bond donors (Lipinski definition) is 1. The van der Waals surface area contributed by atoms with Gasteiger partial charge in [-0.1, -0.05) is 0 Å². The Bertz CT molecular complexity index is 282. The predicted octanol–water partition coefficient (Wildman–Crippen LogP) is 1.77. The Balaban J connectivity index is 2.08. The lowest BCUT2D eigenvalue weighted by molar-refractivity contribution is -0.00628. The van der Waals surface area contributed by atoms with Gasteiger partial charge in [-0.05, 0) is 31.9 Å². The van der Waals surface area contributed by atoms with E-state index < -0.39 is 0 Å². The highest BCUT2D eigenvalue weighted by Crippen LogP contribution is 2.28. The molecule has 0 aliphatic carbocycles. The Morgan fingerprint density at radius 3 is 2.92 bits per heavy atom. The topological polar surface area (TPSA) is 48.4 Å². The van der Waals surface area contributed by atoms with E-state index in [1.807, 2.05) is 19.1 Å². The van der Waals surface area contributed by atoms with Crippen LogP contribution in [0.4, 0.5) is 0 Å². The molecule has 2 rings (SSSR count). The van der Waals surface area contributed by atoms with Crippen LogP contribution in [0.2, 0.25) is 0 Å². The molecule has 0 spiro atoms. The van der Waals surface area contributed by atoms with Gasteiger partial charge in [0.25, 0.3) is 0 Å². The first kappa shape index (κ1) is 8.78. The lowest BCUT2D eigenvalue weighted by Crippen LogP contribution is -2.30. The fourth-order valence-electron chi connectivity index (χ4n) is 1.65. The van der Waals surface area contributed by atoms with Crippen molar-refractivity contribution >= 4 is 0 Å². The summed E-state index contributed by atoms with van der Waals surface area (Å²) in [7, 11) is 0. The highest BCUT2D eigenvalue weighted by Gasteiger charge is 2.23. The second-order valence-corrected chi connectivity index (χ2v) is 3.59. The van der Waals surface area contributed by atoms with Gasteiger partial charge in [-0.15, -0.1) is 0 Å². The number of ether oxygens (including phenoxy) is 1. The summed E-state index contributed by atoms with van der Waals surface area (Å²) in [6, 6.07) is 4.18. The van der Waals surface area contributed by atoms with Gasteiger partial charge in [0.05, 0.1) is 0 Å². The van der Waals surface area contributed by atoms with Gasteiger partial charge in [0.2, 0.25) is 0 Å². The molecule has 0 radical (unpaired) electrons. The third kappa shape index (κ3) is 1.92. The molecule has 1 fully saturated rings. The summed E-state index contributed by atoms with van der Waals surface area (Å²) in [5.41, 5.74) is 5.85. The van der Waals surface area contributed by atoms with E-state index in [1.165, 1.54) is 0 Å². The molecule has 1 saturated heterocycles. The summed E-state index contributed by atoms with van der Waals surface area (Å²) in [6.45, 7) is 2.68. The van der Waals surface area contributed by atoms with Crippen LogP contribution in [-0.2, 0) is 4.74 Å². The van der Waals surface area contributed by atoms with Gasteiger partial charge in [-0.3, -0.25) is 0 Å². The van der Waals surface area contributed by atoms with E-state index in [9.17, 15) is 0 Å². The number of rotatable bonds is 1. The van der Waals surface area contributed by atoms with Gasteiger partial charge < -0.3 is 14.9 Å². The molecular formula is C10H15NO2. The first-order valence-corrected chi connectivity index (χ1v) is 4.69. The van der Waals surface area contributed by atoms with Crippen molar-refractivity contribution in [2.75, 3.05) is 6.61 Å². The number of aryl methyl sites for hydroxylation is 1. The van der Waals surface area contributed by atoms with Crippen LogP contribution in [0.1, 0.15) is 30.5 Å². The van der Waals surface area contributed by atoms with E-state index in [-0.39, 0.29) is 12.1 Å². The fourth-order valence-corrected chi connectivity index (χ4v) is 1.65. The molecule has 0 aromatic carbocycles. The van der Waals surface area contributed by atoms with Crippen molar-refractivity contribution in [3.63, 3.8) is 0 Å². The summed E-state index contributed by atoms with van der Waals surface area (Å²) < 4.78 is 11.1. The lowest BCUT2D eigenvalue weighted by Gasteiger charge is -2.25. The van der Waals surface area contributed by atoms with Crippen LogP contribution in [0.5, 0.6) is 0 Å². The average Bonchev–Trinajstić information content (AvgIpc) is 2.52. The fraction of sp³-hybridized carbons (Fsp3) is 0.600. The molecule has 72 valence electrons. The molecule has 1 aromatic rings. The van der Waals surface area contributed by atoms with Crippen molar-refractivity contribution in [2.24, 2.45) is 5.73 Å². The van der Waals surface area contributed by atoms with Crippen molar-refractivity contribution in [2.45, 2.75) is 31.9 Å². The zero-order chi connectivity index (χ0) is 9.26. The van der Waals surface area contributed by atoms with Crippen LogP contribution in [0.25, 0.3) is 0 Å². The molecule has 3 nitrogen and oxygen atoms in total. The molecule has 2 unspecified atom stereocenters. The third-order valence-corrected chi connectivity index (χ3v) is 2.40. The van der Waals surface area contributed by atoms with E-state index in [0.717, 1.165) is 31.0 Å². The van der Waals surface area contributed by atoms with E-state index in [4.69, 9.17) is 14.9 Å². The Morgan fingerprint density at radius 2 is 2.31 bits per heavy atom. The molecule has 1 aliphatic heterocycles. The second kappa shape index (κ2) is 3.52. The predicted molar refractivity (Wildman–Crippen MR) is 49.3 cm³/mol. The van der Waals surface area contributed by atoms with Crippen LogP contribution >= 0.6 is 0 Å². The van der Waals surface area contributed by atoms with Gasteiger partial charge >= 0.3 is 0 Å². The second-order valence-electron chi connectivity index (χ2n) is 3.59. The minimum atomic E-state index is 0.0671. The zero-order valence-electron chi connectivity index (χ0n) is 7.82. The summed E-state index contributed by atoms with van der Waals surface area (Å²) in [4.78, 5) is 0. The molecule has 0 saturated carbocycles. The summed E-state index contributed by atoms with van der Waals surface area (Å²) in [6.07, 6.45) is 1.89. The Morgan fingerprint density at radius 1 is 1.46 bits per heavy atom. The molecule has 1 aromatic heterocycles. The zero-order valence-corrected chi connectivity index (χ0v) is 7.82. The van der Waals surface area contributed by atoms with Gasteiger partial charge in [0.15, 0.2) is 0 Å². The van der Waals surface area contributed by atoms with Crippen molar-refractivity contribution < 1.29 is 9.15 Å². The molecular weight excluding hydrogens is 166 g/mol. The van der Waals surface area contributed by atoms with Crippen LogP contribution in [0.3, 0.4) is 0 Å². The van der Waals surface area contributed by atoms with Gasteiger partial charge in [-0.2, -0.15) is 0 Å². The minimum absolute atomic E-state index is 0.0671. The summed E-state index contributed by atoms with van der Waals surface area (Å²) >= 11 is 0. The van der Waals surface area contributed by atoms with Crippen LogP contribution in [0, 0.1) is 6.92 Å². The Kier molecular flexibility index (Phi) is 2.38. The van der Waals surface area contributed by atoms with E-state index >= 15 is 0 Å². The lowest BCUT2D eigenvalue weighted by atomic mass is 10.0. The quantitative estimate of drug-likeness (QED) is 0.718. The first-order valence-electron chi connectivity index (χ1n) is 4.69.